The Bertz CT molecular complexity index is 1160. The molecule has 0 fully saturated rings. The highest BCUT2D eigenvalue weighted by molar-refractivity contribution is 7.99. The zero-order valence-electron chi connectivity index (χ0n) is 16.9. The number of para-hydroxylation sites is 2. The number of benzene rings is 2. The SMILES string of the molecule is COc1ccccc1-n1c(SCC(=O)Nc2ccc(SC)cc2)nnc1-c1cccs1. The smallest absolute Gasteiger partial charge is 0.234 e. The van der Waals surface area contributed by atoms with Crippen LogP contribution in [0.3, 0.4) is 0 Å². The van der Waals surface area contributed by atoms with Crippen molar-refractivity contribution in [3.05, 3.63) is 66.0 Å². The highest BCUT2D eigenvalue weighted by Gasteiger charge is 2.20. The van der Waals surface area contributed by atoms with Crippen molar-refractivity contribution in [3.8, 4) is 22.1 Å². The van der Waals surface area contributed by atoms with Gasteiger partial charge in [0.1, 0.15) is 5.75 Å². The monoisotopic (exact) mass is 468 g/mol. The predicted molar refractivity (Wildman–Crippen MR) is 129 cm³/mol. The van der Waals surface area contributed by atoms with Gasteiger partial charge in [0.05, 0.1) is 23.4 Å². The van der Waals surface area contributed by atoms with Crippen LogP contribution in [0.2, 0.25) is 0 Å². The Morgan fingerprint density at radius 3 is 2.61 bits per heavy atom. The molecule has 1 amide bonds. The van der Waals surface area contributed by atoms with E-state index in [9.17, 15) is 4.79 Å². The number of carbonyl (C=O) groups excluding carboxylic acids is 1. The van der Waals surface area contributed by atoms with Crippen LogP contribution >= 0.6 is 34.9 Å². The van der Waals surface area contributed by atoms with Crippen LogP contribution in [0.4, 0.5) is 5.69 Å². The Morgan fingerprint density at radius 2 is 1.90 bits per heavy atom. The zero-order chi connectivity index (χ0) is 21.6. The van der Waals surface area contributed by atoms with Crippen LogP contribution in [-0.4, -0.2) is 39.8 Å². The molecule has 0 atom stereocenters. The molecule has 0 aliphatic heterocycles. The Kier molecular flexibility index (Phi) is 6.96. The van der Waals surface area contributed by atoms with Gasteiger partial charge in [0.25, 0.3) is 0 Å². The number of anilines is 1. The molecular formula is C22H20N4O2S3. The number of methoxy groups -OCH3 is 1. The normalized spacial score (nSPS) is 10.8. The van der Waals surface area contributed by atoms with Crippen LogP contribution in [0.25, 0.3) is 16.4 Å². The number of amides is 1. The van der Waals surface area contributed by atoms with E-state index in [1.807, 2.05) is 76.9 Å². The molecule has 0 unspecified atom stereocenters. The van der Waals surface area contributed by atoms with Crippen LogP contribution in [0, 0.1) is 0 Å². The standard InChI is InChI=1S/C22H20N4O2S3/c1-28-18-7-4-3-6-17(18)26-21(19-8-5-13-30-19)24-25-22(26)31-14-20(27)23-15-9-11-16(29-2)12-10-15/h3-13H,14H2,1-2H3,(H,23,27). The third kappa shape index (κ3) is 4.95. The molecule has 4 rings (SSSR count). The van der Waals surface area contributed by atoms with Gasteiger partial charge in [-0.2, -0.15) is 0 Å². The summed E-state index contributed by atoms with van der Waals surface area (Å²) in [5.41, 5.74) is 1.60. The predicted octanol–water partition coefficient (Wildman–Crippen LogP) is 5.46. The lowest BCUT2D eigenvalue weighted by atomic mass is 10.3. The number of nitrogens with zero attached hydrogens (tertiary/aromatic N) is 3. The van der Waals surface area contributed by atoms with E-state index in [0.717, 1.165) is 27.0 Å². The minimum absolute atomic E-state index is 0.103. The van der Waals surface area contributed by atoms with Gasteiger partial charge in [-0.15, -0.1) is 33.3 Å². The summed E-state index contributed by atoms with van der Waals surface area (Å²) in [7, 11) is 1.64. The van der Waals surface area contributed by atoms with E-state index in [4.69, 9.17) is 4.74 Å². The fourth-order valence-corrected chi connectivity index (χ4v) is 4.81. The summed E-state index contributed by atoms with van der Waals surface area (Å²) in [4.78, 5) is 14.7. The molecular weight excluding hydrogens is 448 g/mol. The third-order valence-electron chi connectivity index (χ3n) is 4.41. The van der Waals surface area contributed by atoms with Gasteiger partial charge in [-0.1, -0.05) is 30.0 Å². The van der Waals surface area contributed by atoms with E-state index < -0.39 is 0 Å². The van der Waals surface area contributed by atoms with Crippen molar-refractivity contribution in [2.24, 2.45) is 0 Å². The molecule has 2 aromatic carbocycles. The summed E-state index contributed by atoms with van der Waals surface area (Å²) >= 11 is 4.59. The van der Waals surface area contributed by atoms with Crippen LogP contribution in [0.15, 0.2) is 76.1 Å². The van der Waals surface area contributed by atoms with Gasteiger partial charge in [0, 0.05) is 10.6 Å². The Hall–Kier alpha value is -2.75. The van der Waals surface area contributed by atoms with E-state index >= 15 is 0 Å². The van der Waals surface area contributed by atoms with E-state index in [2.05, 4.69) is 15.5 Å². The van der Waals surface area contributed by atoms with Gasteiger partial charge < -0.3 is 10.1 Å². The van der Waals surface area contributed by atoms with Gasteiger partial charge in [-0.3, -0.25) is 9.36 Å². The quantitative estimate of drug-likeness (QED) is 0.347. The molecule has 2 aromatic heterocycles. The van der Waals surface area contributed by atoms with E-state index in [-0.39, 0.29) is 11.7 Å². The topological polar surface area (TPSA) is 69.0 Å². The summed E-state index contributed by atoms with van der Waals surface area (Å²) < 4.78 is 7.50. The molecule has 0 aliphatic carbocycles. The first-order chi connectivity index (χ1) is 15.2. The van der Waals surface area contributed by atoms with Crippen LogP contribution in [-0.2, 0) is 4.79 Å². The highest BCUT2D eigenvalue weighted by atomic mass is 32.2. The molecule has 1 N–H and O–H groups in total. The van der Waals surface area contributed by atoms with Crippen LogP contribution < -0.4 is 10.1 Å². The average Bonchev–Trinajstić information content (AvgIpc) is 3.48. The first kappa shape index (κ1) is 21.5. The van der Waals surface area contributed by atoms with Gasteiger partial charge in [-0.05, 0) is 54.1 Å². The third-order valence-corrected chi connectivity index (χ3v) is 6.95. The first-order valence-electron chi connectivity index (χ1n) is 9.39. The van der Waals surface area contributed by atoms with Crippen molar-refractivity contribution in [2.45, 2.75) is 10.1 Å². The maximum atomic E-state index is 12.5. The molecule has 31 heavy (non-hydrogen) atoms. The molecule has 4 aromatic rings. The second-order valence-electron chi connectivity index (χ2n) is 6.36. The molecule has 0 aliphatic rings. The summed E-state index contributed by atoms with van der Waals surface area (Å²) in [6, 6.07) is 19.5. The lowest BCUT2D eigenvalue weighted by molar-refractivity contribution is -0.113. The average molecular weight is 469 g/mol. The fraction of sp³-hybridized carbons (Fsp3) is 0.136. The van der Waals surface area contributed by atoms with Crippen molar-refractivity contribution in [1.82, 2.24) is 14.8 Å². The molecule has 9 heteroatoms. The number of carbonyl (C=O) groups is 1. The summed E-state index contributed by atoms with van der Waals surface area (Å²) in [6.07, 6.45) is 2.02. The largest absolute Gasteiger partial charge is 0.495 e. The number of thiophene rings is 1. The minimum Gasteiger partial charge on any atom is -0.495 e. The van der Waals surface area contributed by atoms with Crippen molar-refractivity contribution < 1.29 is 9.53 Å². The molecule has 0 saturated carbocycles. The van der Waals surface area contributed by atoms with Crippen molar-refractivity contribution >= 4 is 46.5 Å². The molecule has 2 heterocycles. The molecule has 158 valence electrons. The highest BCUT2D eigenvalue weighted by Crippen LogP contribution is 2.34. The molecule has 0 bridgehead atoms. The van der Waals surface area contributed by atoms with E-state index in [1.165, 1.54) is 11.8 Å². The number of hydrogen-bond acceptors (Lipinski definition) is 7. The number of thioether (sulfide) groups is 2. The fourth-order valence-electron chi connectivity index (χ4n) is 2.96. The summed E-state index contributed by atoms with van der Waals surface area (Å²) in [6.45, 7) is 0. The van der Waals surface area contributed by atoms with Gasteiger partial charge in [0.15, 0.2) is 11.0 Å². The maximum absolute atomic E-state index is 12.5. The number of ether oxygens (including phenoxy) is 1. The number of hydrogen-bond donors (Lipinski definition) is 1. The zero-order valence-corrected chi connectivity index (χ0v) is 19.4. The second-order valence-corrected chi connectivity index (χ2v) is 9.13. The van der Waals surface area contributed by atoms with Gasteiger partial charge >= 0.3 is 0 Å². The van der Waals surface area contributed by atoms with Crippen molar-refractivity contribution in [2.75, 3.05) is 24.4 Å². The number of aromatic nitrogens is 3. The van der Waals surface area contributed by atoms with Crippen LogP contribution in [0.5, 0.6) is 5.75 Å². The number of nitrogens with one attached hydrogen (secondary N) is 1. The minimum atomic E-state index is -0.103. The van der Waals surface area contributed by atoms with Crippen molar-refractivity contribution in [1.29, 1.82) is 0 Å². The van der Waals surface area contributed by atoms with Crippen molar-refractivity contribution in [3.63, 3.8) is 0 Å². The molecule has 0 saturated heterocycles. The van der Waals surface area contributed by atoms with Gasteiger partial charge in [-0.25, -0.2) is 0 Å². The van der Waals surface area contributed by atoms with Gasteiger partial charge in [0.2, 0.25) is 5.91 Å². The van der Waals surface area contributed by atoms with Crippen LogP contribution in [0.1, 0.15) is 0 Å². The Balaban J connectivity index is 1.57. The molecule has 0 spiro atoms. The van der Waals surface area contributed by atoms with E-state index in [0.29, 0.717) is 10.9 Å². The lowest BCUT2D eigenvalue weighted by Crippen LogP contribution is -2.14. The molecule has 6 nitrogen and oxygen atoms in total. The Morgan fingerprint density at radius 1 is 1.10 bits per heavy atom. The maximum Gasteiger partial charge on any atom is 0.234 e. The summed E-state index contributed by atoms with van der Waals surface area (Å²) in [5, 5.41) is 14.3. The summed E-state index contributed by atoms with van der Waals surface area (Å²) in [5.74, 6) is 1.53. The lowest BCUT2D eigenvalue weighted by Gasteiger charge is -2.13. The first-order valence-corrected chi connectivity index (χ1v) is 12.5. The van der Waals surface area contributed by atoms with E-state index in [1.54, 1.807) is 30.2 Å². The second kappa shape index (κ2) is 10.0. The number of rotatable bonds is 8. The molecule has 0 radical (unpaired) electrons. The Labute approximate surface area is 193 Å².